The number of imide groups is 1. The smallest absolute Gasteiger partial charge is 0.466 e. The molecule has 1 aliphatic heterocycles. The molecule has 1 aliphatic rings. The van der Waals surface area contributed by atoms with Crippen molar-refractivity contribution in [1.82, 2.24) is 14.0 Å². The fraction of sp³-hybridized carbons (Fsp3) is 0. The number of benzene rings is 3. The molecule has 1 atom stereocenters. The number of hydrogen-bond donors (Lipinski definition) is 4. The highest BCUT2D eigenvalue weighted by Gasteiger charge is 2.48. The Balaban J connectivity index is 1.87. The van der Waals surface area contributed by atoms with Crippen LogP contribution in [0, 0.1) is 0 Å². The fourth-order valence-electron chi connectivity index (χ4n) is 4.31. The lowest BCUT2D eigenvalue weighted by atomic mass is 10.0. The van der Waals surface area contributed by atoms with Gasteiger partial charge in [0.1, 0.15) is 11.3 Å². The molecule has 0 bridgehead atoms. The van der Waals surface area contributed by atoms with Crippen molar-refractivity contribution in [2.75, 3.05) is 5.32 Å². The number of nitrogens with zero attached hydrogens (tertiary/aromatic N) is 2. The van der Waals surface area contributed by atoms with Gasteiger partial charge < -0.3 is 10.1 Å². The Labute approximate surface area is 164 Å². The van der Waals surface area contributed by atoms with Gasteiger partial charge in [0.15, 0.2) is 10.9 Å². The molecule has 0 spiro atoms. The average molecular weight is 403 g/mol. The highest BCUT2D eigenvalue weighted by Crippen LogP contribution is 2.42. The van der Waals surface area contributed by atoms with Crippen LogP contribution >= 0.6 is 0 Å². The normalized spacial score (nSPS) is 18.5. The minimum absolute atomic E-state index is 0.00496. The highest BCUT2D eigenvalue weighted by molar-refractivity contribution is 6.19. The summed E-state index contributed by atoms with van der Waals surface area (Å²) in [6.07, 6.45) is 0.0991. The minimum Gasteiger partial charge on any atom is -0.494 e. The molecule has 0 saturated carbocycles. The quantitative estimate of drug-likeness (QED) is 0.192. The van der Waals surface area contributed by atoms with E-state index in [0.29, 0.717) is 32.8 Å². The van der Waals surface area contributed by atoms with E-state index in [9.17, 15) is 29.5 Å². The molecular weight excluding hydrogens is 392 g/mol. The third kappa shape index (κ3) is 1.71. The molecule has 3 amide bonds. The second-order valence-corrected chi connectivity index (χ2v) is 7.21. The van der Waals surface area contributed by atoms with Crippen molar-refractivity contribution >= 4 is 62.0 Å². The number of aromatic nitrogens is 2. The topological polar surface area (TPSA) is 141 Å². The third-order valence-electron chi connectivity index (χ3n) is 5.69. The van der Waals surface area contributed by atoms with Crippen molar-refractivity contribution in [3.05, 3.63) is 56.8 Å². The predicted molar refractivity (Wildman–Crippen MR) is 108 cm³/mol. The van der Waals surface area contributed by atoms with Gasteiger partial charge in [-0.1, -0.05) is 0 Å². The molecule has 4 N–H and O–H groups in total. The number of hydrogen-bond acceptors (Lipinski definition) is 6. The predicted octanol–water partition coefficient (Wildman–Crippen LogP) is 1.99. The van der Waals surface area contributed by atoms with E-state index in [4.69, 9.17) is 0 Å². The van der Waals surface area contributed by atoms with Crippen LogP contribution in [0.5, 0.6) is 5.88 Å². The maximum atomic E-state index is 12.3. The molecule has 10 heteroatoms. The molecular formula is C20H11N4O6+. The van der Waals surface area contributed by atoms with Crippen LogP contribution in [0.4, 0.5) is 16.2 Å². The van der Waals surface area contributed by atoms with Gasteiger partial charge in [0.2, 0.25) is 11.6 Å². The number of hydroxylamine groups is 2. The van der Waals surface area contributed by atoms with Gasteiger partial charge in [0.05, 0.1) is 16.4 Å². The van der Waals surface area contributed by atoms with Crippen LogP contribution in [0.25, 0.3) is 38.2 Å². The first kappa shape index (κ1) is 16.7. The zero-order valence-electron chi connectivity index (χ0n) is 15.0. The van der Waals surface area contributed by atoms with E-state index in [2.05, 4.69) is 10.3 Å². The fourth-order valence-corrected chi connectivity index (χ4v) is 4.31. The Hall–Kier alpha value is -4.28. The average Bonchev–Trinajstić information content (AvgIpc) is 3.21. The van der Waals surface area contributed by atoms with E-state index in [1.807, 2.05) is 0 Å². The number of amides is 3. The number of anilines is 1. The van der Waals surface area contributed by atoms with Crippen molar-refractivity contribution < 1.29 is 19.9 Å². The molecule has 3 aromatic carbocycles. The Bertz CT molecular complexity index is 1720. The molecule has 30 heavy (non-hydrogen) atoms. The molecule has 0 radical (unpaired) electrons. The number of imidazole rings is 1. The highest BCUT2D eigenvalue weighted by atomic mass is 16.6. The summed E-state index contributed by atoms with van der Waals surface area (Å²) in [5.74, 6) is -0.237. The minimum atomic E-state index is -1.57. The summed E-state index contributed by atoms with van der Waals surface area (Å²) < 4.78 is -0.128. The summed E-state index contributed by atoms with van der Waals surface area (Å²) in [4.78, 5) is 51.2. The van der Waals surface area contributed by atoms with Crippen LogP contribution in [0.3, 0.4) is 0 Å². The van der Waals surface area contributed by atoms with E-state index in [0.717, 1.165) is 0 Å². The number of quaternary nitrogens is 1. The van der Waals surface area contributed by atoms with E-state index < -0.39 is 21.5 Å². The summed E-state index contributed by atoms with van der Waals surface area (Å²) in [7, 11) is 0. The second kappa shape index (κ2) is 5.00. The lowest BCUT2D eigenvalue weighted by Crippen LogP contribution is -2.48. The molecule has 3 heterocycles. The maximum absolute atomic E-state index is 12.3. The van der Waals surface area contributed by atoms with Gasteiger partial charge in [-0.15, -0.1) is 0 Å². The number of fused-ring (bicyclic) bond motifs is 5. The van der Waals surface area contributed by atoms with Crippen molar-refractivity contribution in [3.8, 4) is 5.88 Å². The molecule has 0 saturated heterocycles. The SMILES string of the molecule is O=C[N+]1(O)C(=O)Nc2cc3[nH]c4c5ccc(=O)c6c(=O)ccc(c(O)n4c3cc21)c65. The van der Waals surface area contributed by atoms with E-state index in [-0.39, 0.29) is 29.1 Å². The van der Waals surface area contributed by atoms with Crippen LogP contribution in [-0.4, -0.2) is 32.1 Å². The monoisotopic (exact) mass is 403 g/mol. The summed E-state index contributed by atoms with van der Waals surface area (Å²) in [5.41, 5.74) is 0.645. The number of nitrogens with one attached hydrogen (secondary N) is 2. The van der Waals surface area contributed by atoms with Gasteiger partial charge in [-0.3, -0.25) is 19.3 Å². The van der Waals surface area contributed by atoms with E-state index in [1.54, 1.807) is 6.07 Å². The van der Waals surface area contributed by atoms with Crippen LogP contribution in [0.1, 0.15) is 0 Å². The van der Waals surface area contributed by atoms with Gasteiger partial charge >= 0.3 is 12.4 Å². The molecule has 5 aromatic rings. The van der Waals surface area contributed by atoms with Crippen molar-refractivity contribution in [2.24, 2.45) is 0 Å². The van der Waals surface area contributed by atoms with E-state index in [1.165, 1.54) is 34.7 Å². The number of aromatic hydroxyl groups is 1. The van der Waals surface area contributed by atoms with Crippen LogP contribution < -0.4 is 20.8 Å². The number of carbonyl (C=O) groups excluding carboxylic acids is 2. The number of aromatic amines is 1. The first-order valence-electron chi connectivity index (χ1n) is 8.87. The number of H-pyrrole nitrogens is 1. The molecule has 10 nitrogen and oxygen atoms in total. The van der Waals surface area contributed by atoms with Gasteiger partial charge in [-0.25, -0.2) is 9.59 Å². The van der Waals surface area contributed by atoms with Crippen molar-refractivity contribution in [1.29, 1.82) is 0 Å². The zero-order valence-corrected chi connectivity index (χ0v) is 15.0. The summed E-state index contributed by atoms with van der Waals surface area (Å²) in [6.45, 7) is 0. The van der Waals surface area contributed by atoms with Gasteiger partial charge in [-0.05, 0) is 35.0 Å². The Morgan fingerprint density at radius 3 is 2.37 bits per heavy atom. The first-order chi connectivity index (χ1) is 14.3. The van der Waals surface area contributed by atoms with Crippen molar-refractivity contribution in [3.63, 3.8) is 0 Å². The largest absolute Gasteiger partial charge is 0.494 e. The summed E-state index contributed by atoms with van der Waals surface area (Å²) in [5, 5.41) is 25.1. The lowest BCUT2D eigenvalue weighted by molar-refractivity contribution is -0.134. The van der Waals surface area contributed by atoms with E-state index >= 15 is 0 Å². The summed E-state index contributed by atoms with van der Waals surface area (Å²) >= 11 is 0. The molecule has 1 unspecified atom stereocenters. The summed E-state index contributed by atoms with van der Waals surface area (Å²) in [6, 6.07) is 7.55. The number of pyridine rings is 1. The maximum Gasteiger partial charge on any atom is 0.466 e. The Morgan fingerprint density at radius 1 is 0.967 bits per heavy atom. The Kier molecular flexibility index (Phi) is 2.78. The molecule has 0 fully saturated rings. The Morgan fingerprint density at radius 2 is 1.67 bits per heavy atom. The van der Waals surface area contributed by atoms with Crippen LogP contribution in [0.15, 0.2) is 46.0 Å². The van der Waals surface area contributed by atoms with Gasteiger partial charge in [0, 0.05) is 22.2 Å². The standard InChI is InChI=1S/C20H10N4O6/c25-7-24(30)13-6-12-10(5-11(13)22-20(24)29)21-18-8-1-3-14(26)17-15(27)4-2-9(16(8)17)19(28)23(12)18/h1-7,30H,(H2-,21,22,26,27,28,29)/p+1. The molecule has 2 aromatic heterocycles. The first-order valence-corrected chi connectivity index (χ1v) is 8.87. The zero-order chi connectivity index (χ0) is 20.9. The van der Waals surface area contributed by atoms with Crippen molar-refractivity contribution in [2.45, 2.75) is 0 Å². The number of carbonyl (C=O) groups is 2. The molecule has 0 aliphatic carbocycles. The third-order valence-corrected chi connectivity index (χ3v) is 5.69. The second-order valence-electron chi connectivity index (χ2n) is 7.21. The van der Waals surface area contributed by atoms with Crippen LogP contribution in [0.2, 0.25) is 0 Å². The number of urea groups is 1. The molecule has 146 valence electrons. The van der Waals surface area contributed by atoms with Gasteiger partial charge in [-0.2, -0.15) is 5.21 Å². The lowest BCUT2D eigenvalue weighted by Gasteiger charge is -2.12. The van der Waals surface area contributed by atoms with Gasteiger partial charge in [0.25, 0.3) is 0 Å². The number of rotatable bonds is 1. The molecule has 6 rings (SSSR count). The van der Waals surface area contributed by atoms with Crippen LogP contribution in [-0.2, 0) is 4.79 Å².